The molecule has 2 N–H and O–H groups in total. The summed E-state index contributed by atoms with van der Waals surface area (Å²) < 4.78 is 14.3. The van der Waals surface area contributed by atoms with Crippen LogP contribution >= 0.6 is 23.2 Å². The lowest BCUT2D eigenvalue weighted by atomic mass is 10.0. The lowest BCUT2D eigenvalue weighted by molar-refractivity contribution is 0.613. The summed E-state index contributed by atoms with van der Waals surface area (Å²) in [5.74, 6) is -0.307. The first-order valence-electron chi connectivity index (χ1n) is 5.57. The van der Waals surface area contributed by atoms with E-state index in [0.29, 0.717) is 39.7 Å². The van der Waals surface area contributed by atoms with Crippen LogP contribution in [0.4, 0.5) is 4.39 Å². The predicted octanol–water partition coefficient (Wildman–Crippen LogP) is 4.30. The second-order valence-corrected chi connectivity index (χ2v) is 4.73. The van der Waals surface area contributed by atoms with Crippen molar-refractivity contribution in [3.05, 3.63) is 57.8 Å². The number of benzene rings is 2. The smallest absolute Gasteiger partial charge is 0.134 e. The minimum absolute atomic E-state index is 0.307. The van der Waals surface area contributed by atoms with E-state index in [2.05, 4.69) is 0 Å². The molecule has 0 unspecified atom stereocenters. The molecule has 0 spiro atoms. The van der Waals surface area contributed by atoms with Crippen LogP contribution in [0.3, 0.4) is 0 Å². The van der Waals surface area contributed by atoms with E-state index >= 15 is 0 Å². The van der Waals surface area contributed by atoms with E-state index in [1.807, 2.05) is 0 Å². The van der Waals surface area contributed by atoms with Gasteiger partial charge in [-0.1, -0.05) is 47.5 Å². The van der Waals surface area contributed by atoms with E-state index in [0.717, 1.165) is 0 Å². The molecule has 0 radical (unpaired) electrons. The van der Waals surface area contributed by atoms with Crippen LogP contribution in [0.5, 0.6) is 0 Å². The first kappa shape index (κ1) is 13.3. The molecule has 0 aliphatic rings. The lowest BCUT2D eigenvalue weighted by Gasteiger charge is -2.11. The Hall–Kier alpha value is -1.09. The summed E-state index contributed by atoms with van der Waals surface area (Å²) in [6.45, 7) is 0.399. The number of rotatable bonds is 3. The van der Waals surface area contributed by atoms with Crippen LogP contribution in [0.2, 0.25) is 10.0 Å². The largest absolute Gasteiger partial charge is 0.330 e. The van der Waals surface area contributed by atoms with Crippen molar-refractivity contribution in [1.29, 1.82) is 0 Å². The molecule has 0 heterocycles. The van der Waals surface area contributed by atoms with Gasteiger partial charge in [0, 0.05) is 21.2 Å². The normalized spacial score (nSPS) is 10.7. The molecule has 0 aliphatic carbocycles. The van der Waals surface area contributed by atoms with Crippen LogP contribution in [-0.2, 0) is 6.42 Å². The van der Waals surface area contributed by atoms with Crippen LogP contribution in [0.1, 0.15) is 5.56 Å². The zero-order chi connectivity index (χ0) is 13.1. The second-order valence-electron chi connectivity index (χ2n) is 3.91. The molecule has 0 fully saturated rings. The van der Waals surface area contributed by atoms with Crippen molar-refractivity contribution in [2.75, 3.05) is 6.54 Å². The van der Waals surface area contributed by atoms with Gasteiger partial charge in [-0.25, -0.2) is 4.39 Å². The van der Waals surface area contributed by atoms with Gasteiger partial charge in [-0.15, -0.1) is 0 Å². The molecular formula is C14H12Cl2FN. The molecule has 0 atom stereocenters. The van der Waals surface area contributed by atoms with Crippen LogP contribution < -0.4 is 5.73 Å². The highest BCUT2D eigenvalue weighted by Crippen LogP contribution is 2.36. The van der Waals surface area contributed by atoms with Gasteiger partial charge in [0.05, 0.1) is 0 Å². The summed E-state index contributed by atoms with van der Waals surface area (Å²) >= 11 is 12.2. The molecule has 0 aliphatic heterocycles. The van der Waals surface area contributed by atoms with E-state index in [1.165, 1.54) is 0 Å². The minimum atomic E-state index is -0.307. The lowest BCUT2D eigenvalue weighted by Crippen LogP contribution is -2.05. The van der Waals surface area contributed by atoms with Crippen molar-refractivity contribution < 1.29 is 4.39 Å². The quantitative estimate of drug-likeness (QED) is 0.893. The summed E-state index contributed by atoms with van der Waals surface area (Å²) in [5.41, 5.74) is 6.97. The number of halogens is 3. The molecule has 1 nitrogen and oxygen atoms in total. The van der Waals surface area contributed by atoms with Crippen molar-refractivity contribution in [1.82, 2.24) is 0 Å². The summed E-state index contributed by atoms with van der Waals surface area (Å²) in [6, 6.07) is 10.3. The van der Waals surface area contributed by atoms with Crippen molar-refractivity contribution in [3.63, 3.8) is 0 Å². The maximum atomic E-state index is 14.3. The highest BCUT2D eigenvalue weighted by molar-refractivity contribution is 6.39. The molecule has 2 rings (SSSR count). The number of hydrogen-bond acceptors (Lipinski definition) is 1. The molecule has 4 heteroatoms. The zero-order valence-corrected chi connectivity index (χ0v) is 11.1. The molecule has 0 saturated heterocycles. The Labute approximate surface area is 115 Å². The molecule has 0 aromatic heterocycles. The fourth-order valence-electron chi connectivity index (χ4n) is 1.88. The van der Waals surface area contributed by atoms with Crippen LogP contribution in [0.25, 0.3) is 11.1 Å². The maximum Gasteiger partial charge on any atom is 0.134 e. The van der Waals surface area contributed by atoms with Crippen LogP contribution in [0, 0.1) is 5.82 Å². The molecule has 94 valence electrons. The Kier molecular flexibility index (Phi) is 4.23. The minimum Gasteiger partial charge on any atom is -0.330 e. The first-order valence-corrected chi connectivity index (χ1v) is 6.32. The highest BCUT2D eigenvalue weighted by atomic mass is 35.5. The van der Waals surface area contributed by atoms with Gasteiger partial charge >= 0.3 is 0 Å². The molecule has 18 heavy (non-hydrogen) atoms. The van der Waals surface area contributed by atoms with Crippen LogP contribution in [-0.4, -0.2) is 6.54 Å². The molecular weight excluding hydrogens is 272 g/mol. The van der Waals surface area contributed by atoms with E-state index in [9.17, 15) is 4.39 Å². The van der Waals surface area contributed by atoms with Crippen LogP contribution in [0.15, 0.2) is 36.4 Å². The topological polar surface area (TPSA) is 26.0 Å². The zero-order valence-electron chi connectivity index (χ0n) is 9.59. The van der Waals surface area contributed by atoms with E-state index in [1.54, 1.807) is 36.4 Å². The number of hydrogen-bond donors (Lipinski definition) is 1. The fourth-order valence-corrected chi connectivity index (χ4v) is 2.48. The third kappa shape index (κ3) is 2.51. The first-order chi connectivity index (χ1) is 8.65. The second kappa shape index (κ2) is 5.70. The summed E-state index contributed by atoms with van der Waals surface area (Å²) in [4.78, 5) is 0. The van der Waals surface area contributed by atoms with Gasteiger partial charge in [-0.2, -0.15) is 0 Å². The van der Waals surface area contributed by atoms with Crippen molar-refractivity contribution in [2.24, 2.45) is 5.73 Å². The van der Waals surface area contributed by atoms with E-state index in [-0.39, 0.29) is 5.82 Å². The molecule has 2 aromatic carbocycles. The summed E-state index contributed by atoms with van der Waals surface area (Å²) in [5, 5.41) is 0.873. The average molecular weight is 284 g/mol. The highest BCUT2D eigenvalue weighted by Gasteiger charge is 2.14. The van der Waals surface area contributed by atoms with Crippen molar-refractivity contribution >= 4 is 23.2 Å². The molecule has 0 amide bonds. The molecule has 2 aromatic rings. The Bertz CT molecular complexity index is 549. The predicted molar refractivity (Wildman–Crippen MR) is 74.6 cm³/mol. The standard InChI is InChI=1S/C14H12Cl2FN/c15-11-5-2-6-12(16)13(11)10-4-1-3-9(7-8-18)14(10)17/h1-6H,7-8,18H2. The van der Waals surface area contributed by atoms with Gasteiger partial charge in [-0.05, 0) is 30.7 Å². The summed E-state index contributed by atoms with van der Waals surface area (Å²) in [6.07, 6.45) is 0.488. The average Bonchev–Trinajstić information content (AvgIpc) is 2.33. The monoisotopic (exact) mass is 283 g/mol. The number of nitrogens with two attached hydrogens (primary N) is 1. The third-order valence-corrected chi connectivity index (χ3v) is 3.35. The molecule has 0 bridgehead atoms. The fraction of sp³-hybridized carbons (Fsp3) is 0.143. The Morgan fingerprint density at radius 1 is 1.00 bits per heavy atom. The van der Waals surface area contributed by atoms with Crippen molar-refractivity contribution in [3.8, 4) is 11.1 Å². The molecule has 0 saturated carbocycles. The SMILES string of the molecule is NCCc1cccc(-c2c(Cl)cccc2Cl)c1F. The third-order valence-electron chi connectivity index (χ3n) is 2.72. The van der Waals surface area contributed by atoms with Gasteiger partial charge < -0.3 is 5.73 Å². The van der Waals surface area contributed by atoms with Crippen molar-refractivity contribution in [2.45, 2.75) is 6.42 Å². The van der Waals surface area contributed by atoms with E-state index < -0.39 is 0 Å². The maximum absolute atomic E-state index is 14.3. The van der Waals surface area contributed by atoms with E-state index in [4.69, 9.17) is 28.9 Å². The van der Waals surface area contributed by atoms with Gasteiger partial charge in [0.2, 0.25) is 0 Å². The Morgan fingerprint density at radius 2 is 1.61 bits per heavy atom. The summed E-state index contributed by atoms with van der Waals surface area (Å²) in [7, 11) is 0. The van der Waals surface area contributed by atoms with Gasteiger partial charge in [-0.3, -0.25) is 0 Å². The Balaban J connectivity index is 2.61. The Morgan fingerprint density at radius 3 is 2.22 bits per heavy atom. The van der Waals surface area contributed by atoms with Gasteiger partial charge in [0.15, 0.2) is 0 Å². The van der Waals surface area contributed by atoms with Gasteiger partial charge in [0.25, 0.3) is 0 Å². The van der Waals surface area contributed by atoms with Gasteiger partial charge in [0.1, 0.15) is 5.82 Å².